The Bertz CT molecular complexity index is 7230. The third kappa shape index (κ3) is 27.5. The SMILES string of the molecule is O=c1ccc2cnc3ccc(-c4cncc(F)c4)nc3c2n1-c1cccc(C(F)(F)F)c1.O=c1ccc2cnc3ccc(Cl)nc3c2n1-c1cccc(C(F)(F)F)c1.OB(O)c1cncc(F)c1.[Pd].c1ccc(P(c2ccccc2)c2ccccc2)cc1.c1ccc(P(c2ccccc2)c2ccccc2)cc1.c1ccc(P(c2ccccc2)c2ccccc2)cc1.c1ccc(P(c2ccccc2)c2ccccc2)cc1. The first-order valence-corrected chi connectivity index (χ1v) is 50.9. The first-order chi connectivity index (χ1) is 70.1. The molecule has 14 aromatic carbocycles. The molecule has 0 aliphatic heterocycles. The molecule has 145 heavy (non-hydrogen) atoms. The molecule has 8 heterocycles. The van der Waals surface area contributed by atoms with Gasteiger partial charge in [0.25, 0.3) is 11.1 Å². The topological polar surface area (TPSA) is 162 Å². The molecule has 2 N–H and O–H groups in total. The van der Waals surface area contributed by atoms with Gasteiger partial charge < -0.3 is 10.0 Å². The molecular weight excluding hydrogens is 2020 g/mol. The second-order valence-electron chi connectivity index (χ2n) is 31.9. The molecule has 0 amide bonds. The number of halogens is 9. The van der Waals surface area contributed by atoms with Gasteiger partial charge >= 0.3 is 19.5 Å². The van der Waals surface area contributed by atoms with Gasteiger partial charge in [0.2, 0.25) is 0 Å². The predicted molar refractivity (Wildman–Crippen MR) is 578 cm³/mol. The number of fused-ring (bicyclic) bond motifs is 6. The zero-order chi connectivity index (χ0) is 100. The van der Waals surface area contributed by atoms with Gasteiger partial charge in [0.1, 0.15) is 27.8 Å². The van der Waals surface area contributed by atoms with Crippen LogP contribution in [-0.2, 0) is 32.8 Å². The van der Waals surface area contributed by atoms with Crippen LogP contribution in [0, 0.1) is 11.6 Å². The molecule has 0 atom stereocenters. The Morgan fingerprint density at radius 2 is 0.552 bits per heavy atom. The van der Waals surface area contributed by atoms with Gasteiger partial charge in [0.05, 0.1) is 51.3 Å². The minimum absolute atomic E-state index is 0. The molecule has 0 unspecified atom stereocenters. The Balaban J connectivity index is 0.000000129. The average Bonchev–Trinajstić information content (AvgIpc) is 0.750. The van der Waals surface area contributed by atoms with Crippen molar-refractivity contribution in [3.8, 4) is 22.6 Å². The Hall–Kier alpha value is -15.0. The summed E-state index contributed by atoms with van der Waals surface area (Å²) in [5, 5.41) is 35.0. The van der Waals surface area contributed by atoms with E-state index in [0.29, 0.717) is 55.1 Å². The van der Waals surface area contributed by atoms with Crippen LogP contribution < -0.4 is 80.2 Å². The van der Waals surface area contributed by atoms with Crippen molar-refractivity contribution in [3.05, 3.63) is 559 Å². The molecule has 0 aliphatic carbocycles. The fraction of sp³-hybridized carbons (Fsp3) is 0.0169. The fourth-order valence-corrected chi connectivity index (χ4v) is 25.0. The Labute approximate surface area is 855 Å². The van der Waals surface area contributed by atoms with Crippen molar-refractivity contribution in [2.24, 2.45) is 0 Å². The molecule has 22 rings (SSSR count). The molecule has 0 saturated heterocycles. The molecule has 0 spiro atoms. The van der Waals surface area contributed by atoms with Gasteiger partial charge in [0.15, 0.2) is 0 Å². The van der Waals surface area contributed by atoms with E-state index in [9.17, 15) is 44.7 Å². The first-order valence-electron chi connectivity index (χ1n) is 45.2. The van der Waals surface area contributed by atoms with Crippen LogP contribution in [0.2, 0.25) is 5.15 Å². The molecule has 0 bridgehead atoms. The van der Waals surface area contributed by atoms with Gasteiger partial charge in [0, 0.05) is 90.5 Å². The number of hydrogen-bond donors (Lipinski definition) is 2. The van der Waals surface area contributed by atoms with Crippen molar-refractivity contribution in [1.82, 2.24) is 39.0 Å². The third-order valence-electron chi connectivity index (χ3n) is 22.2. The maximum atomic E-state index is 13.7. The maximum absolute atomic E-state index is 13.7. The van der Waals surface area contributed by atoms with E-state index in [1.165, 1.54) is 146 Å². The van der Waals surface area contributed by atoms with Gasteiger partial charge in [-0.3, -0.25) is 38.7 Å². The van der Waals surface area contributed by atoms with Crippen molar-refractivity contribution in [2.45, 2.75) is 12.4 Å². The summed E-state index contributed by atoms with van der Waals surface area (Å²) >= 11 is 5.97. The zero-order valence-electron chi connectivity index (χ0n) is 76.9. The fourth-order valence-electron chi connectivity index (χ4n) is 15.7. The Morgan fingerprint density at radius 1 is 0.283 bits per heavy atom. The van der Waals surface area contributed by atoms with E-state index in [4.69, 9.17) is 21.6 Å². The second-order valence-corrected chi connectivity index (χ2v) is 41.1. The molecule has 0 fully saturated rings. The summed E-state index contributed by atoms with van der Waals surface area (Å²) in [6, 6.07) is 153. The summed E-state index contributed by atoms with van der Waals surface area (Å²) in [6.45, 7) is 0. The summed E-state index contributed by atoms with van der Waals surface area (Å²) < 4.78 is 107. The van der Waals surface area contributed by atoms with E-state index in [-0.39, 0.29) is 42.4 Å². The van der Waals surface area contributed by atoms with Crippen LogP contribution in [-0.4, -0.2) is 56.2 Å². The van der Waals surface area contributed by atoms with Gasteiger partial charge in [-0.15, -0.1) is 0 Å². The minimum Gasteiger partial charge on any atom is -0.423 e. The molecule has 27 heteroatoms. The molecule has 8 aromatic heterocycles. The summed E-state index contributed by atoms with van der Waals surface area (Å²) in [4.78, 5) is 49.9. The number of benzene rings is 14. The second kappa shape index (κ2) is 50.8. The van der Waals surface area contributed by atoms with Crippen LogP contribution in [0.4, 0.5) is 35.1 Å². The number of rotatable bonds is 16. The average molecular weight is 2110 g/mol. The van der Waals surface area contributed by atoms with Crippen LogP contribution in [0.25, 0.3) is 66.5 Å². The first kappa shape index (κ1) is 104. The number of aromatic nitrogens is 8. The Kier molecular flexibility index (Phi) is 36.6. The number of hydrogen-bond acceptors (Lipinski definition) is 10. The van der Waals surface area contributed by atoms with E-state index in [2.05, 4.69) is 394 Å². The van der Waals surface area contributed by atoms with Crippen molar-refractivity contribution < 1.29 is 65.6 Å². The summed E-state index contributed by atoms with van der Waals surface area (Å²) in [5.41, 5.74) is 0.438. The molecule has 0 aliphatic rings. The van der Waals surface area contributed by atoms with Gasteiger partial charge in [-0.1, -0.05) is 388 Å². The van der Waals surface area contributed by atoms with Crippen LogP contribution in [0.15, 0.2) is 520 Å². The maximum Gasteiger partial charge on any atom is 0.490 e. The monoisotopic (exact) mass is 2110 g/mol. The quantitative estimate of drug-likeness (QED) is 0.0313. The van der Waals surface area contributed by atoms with Crippen LogP contribution >= 0.6 is 43.3 Å². The number of nitrogens with zero attached hydrogens (tertiary/aromatic N) is 8. The normalized spacial score (nSPS) is 11.0. The standard InChI is InChI=1S/C23H12F4N4O.C18H9ClF3N3O.4C18H15P.C5H5BFNO2.Pd/c24-16-8-14(10-28-12-16)18-5-6-19-21(30-18)22-13(11-29-19)4-7-20(32)31(22)17-3-1-2-15(9-17)23(25,26)27;19-14-6-5-13-16(24-14)17-10(9-23-13)4-7-15(26)25(17)12-3-1-2-11(8-12)18(20,21)22;4*1-4-10-16(11-5-1)19(17-12-6-2-7-13-17)18-14-8-3-9-15-18;7-5-1-4(6(9)10)2-8-3-5;/h1-12H;1-9H;4*1-15H;1-3,9-10H;. The van der Waals surface area contributed by atoms with E-state index in [0.717, 1.165) is 42.7 Å². The van der Waals surface area contributed by atoms with E-state index >= 15 is 0 Å². The van der Waals surface area contributed by atoms with Gasteiger partial charge in [-0.2, -0.15) is 26.3 Å². The van der Waals surface area contributed by atoms with Crippen LogP contribution in [0.5, 0.6) is 0 Å². The van der Waals surface area contributed by atoms with E-state index in [1.54, 1.807) is 30.3 Å². The largest absolute Gasteiger partial charge is 0.490 e. The summed E-state index contributed by atoms with van der Waals surface area (Å²) in [5.74, 6) is -1.12. The van der Waals surface area contributed by atoms with Crippen LogP contribution in [0.3, 0.4) is 0 Å². The minimum atomic E-state index is -4.57. The van der Waals surface area contributed by atoms with Gasteiger partial charge in [-0.25, -0.2) is 18.7 Å². The summed E-state index contributed by atoms with van der Waals surface area (Å²) in [6.07, 6.45) is -1.34. The van der Waals surface area contributed by atoms with Gasteiger partial charge in [-0.05, 0) is 180 Å². The third-order valence-corrected chi connectivity index (χ3v) is 32.1. The molecule has 718 valence electrons. The zero-order valence-corrected chi connectivity index (χ0v) is 82.8. The predicted octanol–water partition coefficient (Wildman–Crippen LogP) is 22.4. The molecule has 12 nitrogen and oxygen atoms in total. The Morgan fingerprint density at radius 3 is 0.814 bits per heavy atom. The van der Waals surface area contributed by atoms with Crippen molar-refractivity contribution in [3.63, 3.8) is 0 Å². The molecular formula is C118H86BClF8N8O4P4Pd. The van der Waals surface area contributed by atoms with E-state index in [1.807, 2.05) is 0 Å². The number of pyridine rings is 8. The molecule has 0 radical (unpaired) electrons. The smallest absolute Gasteiger partial charge is 0.423 e. The number of alkyl halides is 6. The van der Waals surface area contributed by atoms with E-state index < -0.39 is 85.0 Å². The van der Waals surface area contributed by atoms with Crippen molar-refractivity contribution in [2.75, 3.05) is 0 Å². The molecule has 0 saturated carbocycles. The van der Waals surface area contributed by atoms with Crippen LogP contribution in [0.1, 0.15) is 11.1 Å². The summed E-state index contributed by atoms with van der Waals surface area (Å²) in [7, 11) is -3.43. The van der Waals surface area contributed by atoms with Crippen molar-refractivity contribution in [1.29, 1.82) is 0 Å². The molecule has 22 aromatic rings. The van der Waals surface area contributed by atoms with Crippen molar-refractivity contribution >= 4 is 163 Å².